The van der Waals surface area contributed by atoms with Crippen LogP contribution >= 0.6 is 0 Å². The maximum absolute atomic E-state index is 9.87. The van der Waals surface area contributed by atoms with E-state index in [4.69, 9.17) is 15.2 Å². The Hall–Kier alpha value is -3.72. The van der Waals surface area contributed by atoms with Gasteiger partial charge in [0.15, 0.2) is 0 Å². The zero-order chi connectivity index (χ0) is 21.5. The number of aromatic nitrogens is 2. The summed E-state index contributed by atoms with van der Waals surface area (Å²) in [7, 11) is 1.63. The van der Waals surface area contributed by atoms with Crippen molar-refractivity contribution >= 4 is 0 Å². The van der Waals surface area contributed by atoms with Gasteiger partial charge >= 0.3 is 0 Å². The van der Waals surface area contributed by atoms with E-state index in [-0.39, 0.29) is 17.2 Å². The van der Waals surface area contributed by atoms with Crippen molar-refractivity contribution in [2.75, 3.05) is 7.11 Å². The average Bonchev–Trinajstić information content (AvgIpc) is 3.15. The predicted octanol–water partition coefficient (Wildman–Crippen LogP) is 4.60. The molecular weight excluding hydrogens is 376 g/mol. The second kappa shape index (κ2) is 7.27. The molecule has 0 bridgehead atoms. The van der Waals surface area contributed by atoms with Crippen molar-refractivity contribution in [2.45, 2.75) is 32.1 Å². The summed E-state index contributed by atoms with van der Waals surface area (Å²) in [5, 5.41) is 17.3. The van der Waals surface area contributed by atoms with Crippen molar-refractivity contribution in [3.05, 3.63) is 76.7 Å². The quantitative estimate of drug-likeness (QED) is 0.670. The number of rotatable bonds is 3. The van der Waals surface area contributed by atoms with E-state index >= 15 is 0 Å². The molecule has 0 aliphatic carbocycles. The minimum Gasteiger partial charge on any atom is -0.497 e. The number of H-pyrrole nitrogens is 1. The fraction of sp³-hybridized carbons (Fsp3) is 0.250. The van der Waals surface area contributed by atoms with Crippen LogP contribution in [0.15, 0.2) is 60.0 Å². The first kappa shape index (κ1) is 19.6. The number of nitrogens with one attached hydrogen (secondary N) is 1. The van der Waals surface area contributed by atoms with Gasteiger partial charge in [-0.05, 0) is 28.7 Å². The summed E-state index contributed by atoms with van der Waals surface area (Å²) in [4.78, 5) is 0. The minimum absolute atomic E-state index is 0.0354. The standard InChI is InChI=1S/C24H24N4O2/c1-24(2,3)16-10-8-14(9-11-16)19-18(13-25)22(26)30-23-20(19)21(27-28-23)15-6-5-7-17(12-15)29-4/h5-12,19H,26H2,1-4H3,(H,27,28)/t19-/m0/s1. The summed E-state index contributed by atoms with van der Waals surface area (Å²) < 4.78 is 11.1. The molecule has 1 aliphatic rings. The Morgan fingerprint density at radius 2 is 1.90 bits per heavy atom. The van der Waals surface area contributed by atoms with Gasteiger partial charge in [0, 0.05) is 5.56 Å². The summed E-state index contributed by atoms with van der Waals surface area (Å²) in [5.74, 6) is 0.815. The number of nitrogens with two attached hydrogens (primary N) is 1. The number of nitriles is 1. The SMILES string of the molecule is COc1cccc(-c2[nH]nc3c2[C@@H](c2ccc(C(C)(C)C)cc2)C(C#N)=C(N)O3)c1. The van der Waals surface area contributed by atoms with E-state index < -0.39 is 0 Å². The lowest BCUT2D eigenvalue weighted by molar-refractivity contribution is 0.379. The summed E-state index contributed by atoms with van der Waals surface area (Å²) >= 11 is 0. The predicted molar refractivity (Wildman–Crippen MR) is 115 cm³/mol. The number of allylic oxidation sites excluding steroid dienone is 1. The van der Waals surface area contributed by atoms with Gasteiger partial charge in [0.2, 0.25) is 11.8 Å². The molecule has 1 atom stereocenters. The Morgan fingerprint density at radius 3 is 2.53 bits per heavy atom. The van der Waals surface area contributed by atoms with Crippen LogP contribution in [-0.2, 0) is 5.41 Å². The molecule has 0 radical (unpaired) electrons. The Labute approximate surface area is 175 Å². The number of benzene rings is 2. The Morgan fingerprint density at radius 1 is 1.17 bits per heavy atom. The van der Waals surface area contributed by atoms with Crippen LogP contribution in [0.25, 0.3) is 11.3 Å². The van der Waals surface area contributed by atoms with Crippen molar-refractivity contribution in [1.82, 2.24) is 10.2 Å². The third-order valence-corrected chi connectivity index (χ3v) is 5.41. The highest BCUT2D eigenvalue weighted by atomic mass is 16.5. The van der Waals surface area contributed by atoms with Crippen molar-refractivity contribution in [3.63, 3.8) is 0 Å². The topological polar surface area (TPSA) is 97.0 Å². The molecule has 30 heavy (non-hydrogen) atoms. The number of hydrogen-bond acceptors (Lipinski definition) is 5. The fourth-order valence-corrected chi connectivity index (χ4v) is 3.75. The van der Waals surface area contributed by atoms with E-state index in [1.165, 1.54) is 5.56 Å². The highest BCUT2D eigenvalue weighted by molar-refractivity contribution is 5.71. The summed E-state index contributed by atoms with van der Waals surface area (Å²) in [6, 6.07) is 18.2. The van der Waals surface area contributed by atoms with Gasteiger partial charge in [-0.2, -0.15) is 5.26 Å². The smallest absolute Gasteiger partial charge is 0.244 e. The number of ether oxygens (including phenoxy) is 2. The number of methoxy groups -OCH3 is 1. The van der Waals surface area contributed by atoms with Crippen molar-refractivity contribution < 1.29 is 9.47 Å². The summed E-state index contributed by atoms with van der Waals surface area (Å²) in [5.41, 5.74) is 11.1. The molecule has 0 saturated carbocycles. The molecule has 3 N–H and O–H groups in total. The summed E-state index contributed by atoms with van der Waals surface area (Å²) in [6.45, 7) is 6.51. The molecule has 6 nitrogen and oxygen atoms in total. The van der Waals surface area contributed by atoms with Gasteiger partial charge in [-0.1, -0.05) is 57.2 Å². The third kappa shape index (κ3) is 3.29. The van der Waals surface area contributed by atoms with Crippen LogP contribution < -0.4 is 15.2 Å². The lowest BCUT2D eigenvalue weighted by Gasteiger charge is -2.25. The maximum Gasteiger partial charge on any atom is 0.244 e. The van der Waals surface area contributed by atoms with E-state index in [1.807, 2.05) is 36.4 Å². The largest absolute Gasteiger partial charge is 0.497 e. The van der Waals surface area contributed by atoms with E-state index in [0.29, 0.717) is 11.5 Å². The van der Waals surface area contributed by atoms with E-state index in [2.05, 4.69) is 49.2 Å². The summed E-state index contributed by atoms with van der Waals surface area (Å²) in [6.07, 6.45) is 0. The van der Waals surface area contributed by atoms with Gasteiger partial charge in [-0.15, -0.1) is 5.10 Å². The van der Waals surface area contributed by atoms with E-state index in [0.717, 1.165) is 28.1 Å². The molecule has 0 saturated heterocycles. The molecule has 3 aromatic rings. The normalized spacial score (nSPS) is 15.9. The van der Waals surface area contributed by atoms with Crippen LogP contribution in [0.5, 0.6) is 11.6 Å². The van der Waals surface area contributed by atoms with Gasteiger partial charge in [0.25, 0.3) is 0 Å². The monoisotopic (exact) mass is 400 g/mol. The first-order valence-electron chi connectivity index (χ1n) is 9.74. The molecule has 0 unspecified atom stereocenters. The van der Waals surface area contributed by atoms with Crippen molar-refractivity contribution in [2.24, 2.45) is 5.73 Å². The van der Waals surface area contributed by atoms with Crippen LogP contribution in [0.3, 0.4) is 0 Å². The first-order chi connectivity index (χ1) is 14.3. The number of fused-ring (bicyclic) bond motifs is 1. The van der Waals surface area contributed by atoms with Crippen LogP contribution in [0.1, 0.15) is 43.4 Å². The molecule has 152 valence electrons. The number of hydrogen-bond donors (Lipinski definition) is 2. The Kier molecular flexibility index (Phi) is 4.75. The number of aromatic amines is 1. The van der Waals surface area contributed by atoms with Gasteiger partial charge in [0.1, 0.15) is 17.4 Å². The highest BCUT2D eigenvalue weighted by Gasteiger charge is 2.35. The van der Waals surface area contributed by atoms with Gasteiger partial charge in [-0.25, -0.2) is 0 Å². The molecule has 1 aliphatic heterocycles. The lowest BCUT2D eigenvalue weighted by Crippen LogP contribution is -2.21. The zero-order valence-electron chi connectivity index (χ0n) is 17.5. The van der Waals surface area contributed by atoms with Crippen LogP contribution in [-0.4, -0.2) is 17.3 Å². The Balaban J connectivity index is 1.89. The molecular formula is C24H24N4O2. The van der Waals surface area contributed by atoms with Crippen LogP contribution in [0, 0.1) is 11.3 Å². The first-order valence-corrected chi connectivity index (χ1v) is 9.74. The van der Waals surface area contributed by atoms with E-state index in [9.17, 15) is 5.26 Å². The zero-order valence-corrected chi connectivity index (χ0v) is 17.5. The molecule has 2 heterocycles. The molecule has 1 aromatic heterocycles. The highest BCUT2D eigenvalue weighted by Crippen LogP contribution is 2.46. The Bertz CT molecular complexity index is 1160. The third-order valence-electron chi connectivity index (χ3n) is 5.41. The van der Waals surface area contributed by atoms with Crippen LogP contribution in [0.4, 0.5) is 0 Å². The molecule has 0 amide bonds. The second-order valence-corrected chi connectivity index (χ2v) is 8.35. The molecule has 0 spiro atoms. The van der Waals surface area contributed by atoms with Gasteiger partial charge in [-0.3, -0.25) is 5.10 Å². The fourth-order valence-electron chi connectivity index (χ4n) is 3.75. The van der Waals surface area contributed by atoms with Crippen molar-refractivity contribution in [1.29, 1.82) is 5.26 Å². The van der Waals surface area contributed by atoms with Gasteiger partial charge < -0.3 is 15.2 Å². The van der Waals surface area contributed by atoms with Gasteiger partial charge in [0.05, 0.1) is 24.3 Å². The second-order valence-electron chi connectivity index (χ2n) is 8.35. The number of nitrogens with zero attached hydrogens (tertiary/aromatic N) is 2. The lowest BCUT2D eigenvalue weighted by atomic mass is 9.81. The van der Waals surface area contributed by atoms with E-state index in [1.54, 1.807) is 7.11 Å². The molecule has 2 aromatic carbocycles. The average molecular weight is 400 g/mol. The molecule has 4 rings (SSSR count). The minimum atomic E-state index is -0.382. The van der Waals surface area contributed by atoms with Crippen molar-refractivity contribution in [3.8, 4) is 29.0 Å². The molecule has 0 fully saturated rings. The molecule has 6 heteroatoms. The maximum atomic E-state index is 9.87. The van der Waals surface area contributed by atoms with Crippen LogP contribution in [0.2, 0.25) is 0 Å².